The maximum Gasteiger partial charge on any atom is 0.399 e. The van der Waals surface area contributed by atoms with Gasteiger partial charge in [-0.1, -0.05) is 25.4 Å². The van der Waals surface area contributed by atoms with Gasteiger partial charge < -0.3 is 10.4 Å². The average molecular weight is 574 g/mol. The zero-order chi connectivity index (χ0) is 28.6. The van der Waals surface area contributed by atoms with Crippen molar-refractivity contribution in [2.24, 2.45) is 0 Å². The number of hydrogen-bond donors (Lipinski definition) is 2. The predicted molar refractivity (Wildman–Crippen MR) is 129 cm³/mol. The largest absolute Gasteiger partial charge is 0.399 e. The van der Waals surface area contributed by atoms with Gasteiger partial charge in [-0.15, -0.1) is 9.90 Å². The van der Waals surface area contributed by atoms with Gasteiger partial charge in [0.15, 0.2) is 16.6 Å². The van der Waals surface area contributed by atoms with Crippen LogP contribution < -0.4 is 10.2 Å². The molecule has 0 aromatic carbocycles. The van der Waals surface area contributed by atoms with Crippen molar-refractivity contribution in [1.82, 2.24) is 34.6 Å². The molecule has 208 valence electrons. The van der Waals surface area contributed by atoms with Crippen LogP contribution in [0.5, 0.6) is 0 Å². The van der Waals surface area contributed by atoms with Gasteiger partial charge in [-0.05, 0) is 13.0 Å². The van der Waals surface area contributed by atoms with E-state index < -0.39 is 42.8 Å². The third-order valence-electron chi connectivity index (χ3n) is 5.61. The Labute approximate surface area is 222 Å². The fourth-order valence-electron chi connectivity index (χ4n) is 3.90. The van der Waals surface area contributed by atoms with E-state index in [-0.39, 0.29) is 39.4 Å². The highest BCUT2D eigenvalue weighted by atomic mass is 35.5. The maximum atomic E-state index is 13.9. The van der Waals surface area contributed by atoms with E-state index in [9.17, 15) is 31.9 Å². The lowest BCUT2D eigenvalue weighted by atomic mass is 10.1. The number of urea groups is 1. The number of aliphatic hydroxyl groups is 1. The summed E-state index contributed by atoms with van der Waals surface area (Å²) >= 11 is 5.83. The second kappa shape index (κ2) is 10.7. The number of fused-ring (bicyclic) bond motifs is 3. The number of rotatable bonds is 4. The molecule has 0 fully saturated rings. The van der Waals surface area contributed by atoms with Crippen LogP contribution in [0, 0.1) is 0 Å². The van der Waals surface area contributed by atoms with Crippen LogP contribution in [0.1, 0.15) is 56.2 Å². The zero-order valence-corrected chi connectivity index (χ0v) is 21.3. The maximum absolute atomic E-state index is 13.9. The first-order valence-electron chi connectivity index (χ1n) is 11.5. The van der Waals surface area contributed by atoms with Crippen molar-refractivity contribution >= 4 is 34.7 Å². The summed E-state index contributed by atoms with van der Waals surface area (Å²) in [6, 6.07) is 1.15. The molecular formula is C22H21ClF5N9O2. The molecule has 4 aromatic heterocycles. The average Bonchev–Trinajstić information content (AvgIpc) is 3.60. The second-order valence-corrected chi connectivity index (χ2v) is 8.46. The molecule has 1 aliphatic heterocycles. The topological polar surface area (TPSA) is 126 Å². The zero-order valence-electron chi connectivity index (χ0n) is 20.5. The number of amides is 2. The smallest absolute Gasteiger partial charge is 0.387 e. The Balaban J connectivity index is 0.00000172. The number of nitrogens with zero attached hydrogens (tertiary/aromatic N) is 8. The number of carbonyl (C=O) groups excluding carboxylic acids is 1. The molecule has 5 heterocycles. The number of anilines is 2. The van der Waals surface area contributed by atoms with Gasteiger partial charge in [0.2, 0.25) is 0 Å². The molecule has 2 unspecified atom stereocenters. The van der Waals surface area contributed by atoms with Gasteiger partial charge in [0.05, 0.1) is 47.3 Å². The normalized spacial score (nSPS) is 15.8. The molecule has 2 N–H and O–H groups in total. The molecule has 0 radical (unpaired) electrons. The first kappa shape index (κ1) is 28.1. The molecule has 0 aliphatic carbocycles. The number of carbonyl (C=O) groups is 1. The minimum absolute atomic E-state index is 0.0626. The van der Waals surface area contributed by atoms with Gasteiger partial charge >= 0.3 is 12.2 Å². The molecule has 2 atom stereocenters. The highest BCUT2D eigenvalue weighted by Gasteiger charge is 2.50. The van der Waals surface area contributed by atoms with Crippen molar-refractivity contribution in [3.8, 4) is 5.82 Å². The Kier molecular flexibility index (Phi) is 7.70. The number of nitrogens with one attached hydrogen (secondary N) is 1. The number of hydrogen-bond acceptors (Lipinski definition) is 7. The third kappa shape index (κ3) is 5.34. The molecule has 0 saturated heterocycles. The highest BCUT2D eigenvalue weighted by molar-refractivity contribution is 6.29. The lowest BCUT2D eigenvalue weighted by molar-refractivity contribution is -0.147. The number of pyridine rings is 1. The molecule has 39 heavy (non-hydrogen) atoms. The molecule has 0 bridgehead atoms. The van der Waals surface area contributed by atoms with Crippen molar-refractivity contribution in [3.63, 3.8) is 0 Å². The van der Waals surface area contributed by atoms with E-state index in [0.29, 0.717) is 0 Å². The molecule has 17 heteroatoms. The summed E-state index contributed by atoms with van der Waals surface area (Å²) < 4.78 is 70.1. The Bertz CT molecular complexity index is 1510. The molecule has 4 aromatic rings. The van der Waals surface area contributed by atoms with Gasteiger partial charge in [0.25, 0.3) is 6.43 Å². The lowest BCUT2D eigenvalue weighted by Gasteiger charge is -2.19. The van der Waals surface area contributed by atoms with E-state index in [1.807, 2.05) is 13.8 Å². The fourth-order valence-corrected chi connectivity index (χ4v) is 4.07. The van der Waals surface area contributed by atoms with Crippen molar-refractivity contribution in [2.75, 3.05) is 16.8 Å². The molecule has 11 nitrogen and oxygen atoms in total. The molecule has 1 aliphatic rings. The quantitative estimate of drug-likeness (QED) is 0.326. The Morgan fingerprint density at radius 2 is 1.87 bits per heavy atom. The fraction of sp³-hybridized carbons (Fsp3) is 0.364. The van der Waals surface area contributed by atoms with Crippen molar-refractivity contribution in [2.45, 2.75) is 45.4 Å². The summed E-state index contributed by atoms with van der Waals surface area (Å²) in [5.41, 5.74) is -1.19. The van der Waals surface area contributed by atoms with Crippen LogP contribution in [-0.4, -0.2) is 58.4 Å². The number of aliphatic hydroxyl groups excluding tert-OH is 1. The van der Waals surface area contributed by atoms with E-state index in [1.54, 1.807) is 0 Å². The van der Waals surface area contributed by atoms with Gasteiger partial charge in [-0.3, -0.25) is 4.90 Å². The van der Waals surface area contributed by atoms with Gasteiger partial charge in [0.1, 0.15) is 11.6 Å². The van der Waals surface area contributed by atoms with Crippen molar-refractivity contribution < 1.29 is 31.9 Å². The summed E-state index contributed by atoms with van der Waals surface area (Å²) in [4.78, 5) is 22.5. The molecular weight excluding hydrogens is 553 g/mol. The molecule has 0 spiro atoms. The van der Waals surface area contributed by atoms with E-state index >= 15 is 0 Å². The van der Waals surface area contributed by atoms with Gasteiger partial charge in [-0.2, -0.15) is 23.4 Å². The van der Waals surface area contributed by atoms with Crippen LogP contribution in [-0.2, 0) is 0 Å². The van der Waals surface area contributed by atoms with E-state index in [1.165, 1.54) is 19.2 Å². The number of alkyl halides is 5. The van der Waals surface area contributed by atoms with Crippen LogP contribution in [0.25, 0.3) is 11.5 Å². The monoisotopic (exact) mass is 573 g/mol. The number of aromatic nitrogens is 7. The summed E-state index contributed by atoms with van der Waals surface area (Å²) in [6.45, 7) is 4.62. The van der Waals surface area contributed by atoms with E-state index in [0.717, 1.165) is 32.7 Å². The Morgan fingerprint density at radius 1 is 1.15 bits per heavy atom. The first-order chi connectivity index (χ1) is 18.4. The number of halogens is 6. The first-order valence-corrected chi connectivity index (χ1v) is 11.9. The van der Waals surface area contributed by atoms with Crippen LogP contribution in [0.2, 0.25) is 5.15 Å². The summed E-state index contributed by atoms with van der Waals surface area (Å²) in [5, 5.41) is 23.4. The second-order valence-electron chi connectivity index (χ2n) is 8.07. The van der Waals surface area contributed by atoms with Gasteiger partial charge in [-0.25, -0.2) is 28.1 Å². The standard InChI is InChI=1S/C20H15ClF5N9O2.C2H6/c1-8(36)12-5-29-35(31-12)18-10(17(22)23)2-9(4-28-18)30-19(37)33-7-11(20(24,25)26)16-13(33)6-27-15-3-14(21)32-34(15)16;1-2/h2-6,8,11,17,36H,7H2,1H3,(H,30,37);1-2H3. The molecule has 2 amide bonds. The highest BCUT2D eigenvalue weighted by Crippen LogP contribution is 2.45. The lowest BCUT2D eigenvalue weighted by Crippen LogP contribution is -2.36. The van der Waals surface area contributed by atoms with Crippen LogP contribution >= 0.6 is 11.6 Å². The van der Waals surface area contributed by atoms with E-state index in [4.69, 9.17) is 11.6 Å². The summed E-state index contributed by atoms with van der Waals surface area (Å²) in [5.74, 6) is -2.45. The van der Waals surface area contributed by atoms with E-state index in [2.05, 4.69) is 30.6 Å². The summed E-state index contributed by atoms with van der Waals surface area (Å²) in [6.07, 6.45) is -5.51. The summed E-state index contributed by atoms with van der Waals surface area (Å²) in [7, 11) is 0. The van der Waals surface area contributed by atoms with Crippen LogP contribution in [0.4, 0.5) is 38.1 Å². The predicted octanol–water partition coefficient (Wildman–Crippen LogP) is 5.07. The SMILES string of the molecule is CC.CC(O)c1cnn(-c2ncc(NC(=O)N3CC(C(F)(F)F)c4c3cnc3cc(Cl)nn43)cc2C(F)F)n1. The van der Waals surface area contributed by atoms with Crippen LogP contribution in [0.15, 0.2) is 30.7 Å². The van der Waals surface area contributed by atoms with Crippen molar-refractivity contribution in [1.29, 1.82) is 0 Å². The minimum atomic E-state index is -4.73. The molecule has 5 rings (SSSR count). The minimum Gasteiger partial charge on any atom is -0.387 e. The van der Waals surface area contributed by atoms with Gasteiger partial charge in [0, 0.05) is 12.6 Å². The molecule has 0 saturated carbocycles. The van der Waals surface area contributed by atoms with Crippen LogP contribution in [0.3, 0.4) is 0 Å². The third-order valence-corrected chi connectivity index (χ3v) is 5.79. The Hall–Kier alpha value is -3.92. The Morgan fingerprint density at radius 3 is 2.49 bits per heavy atom. The van der Waals surface area contributed by atoms with Crippen molar-refractivity contribution in [3.05, 3.63) is 52.8 Å².